The molecule has 1 saturated carbocycles. The highest BCUT2D eigenvalue weighted by molar-refractivity contribution is 9.10. The molecule has 4 nitrogen and oxygen atoms in total. The van der Waals surface area contributed by atoms with Gasteiger partial charge < -0.3 is 14.1 Å². The molecule has 1 saturated heterocycles. The zero-order valence-corrected chi connectivity index (χ0v) is 11.7. The Morgan fingerprint density at radius 3 is 2.78 bits per heavy atom. The zero-order chi connectivity index (χ0) is 12.5. The van der Waals surface area contributed by atoms with Gasteiger partial charge >= 0.3 is 0 Å². The monoisotopic (exact) mass is 313 g/mol. The third kappa shape index (κ3) is 2.62. The molecule has 18 heavy (non-hydrogen) atoms. The van der Waals surface area contributed by atoms with Crippen molar-refractivity contribution >= 4 is 21.8 Å². The van der Waals surface area contributed by atoms with E-state index in [9.17, 15) is 4.79 Å². The van der Waals surface area contributed by atoms with Crippen molar-refractivity contribution in [2.75, 3.05) is 19.8 Å². The Labute approximate surface area is 114 Å². The average Bonchev–Trinajstić information content (AvgIpc) is 2.88. The topological polar surface area (TPSA) is 42.7 Å². The minimum Gasteiger partial charge on any atom is -0.444 e. The number of halogens is 1. The van der Waals surface area contributed by atoms with Gasteiger partial charge in [0.25, 0.3) is 5.91 Å². The number of amides is 1. The highest BCUT2D eigenvalue weighted by Gasteiger charge is 2.36. The van der Waals surface area contributed by atoms with E-state index >= 15 is 0 Å². The summed E-state index contributed by atoms with van der Waals surface area (Å²) in [6.07, 6.45) is 3.28. The first-order valence-corrected chi connectivity index (χ1v) is 7.17. The standard InChI is InChI=1S/C13H16BrNO3/c14-12-4-3-11(18-12)13(16)15(10-1-2-10)7-9-5-6-17-8-9/h3-4,9-10H,1-2,5-8H2. The second kappa shape index (κ2) is 5.05. The Balaban J connectivity index is 1.70. The molecule has 0 spiro atoms. The number of carbonyl (C=O) groups is 1. The van der Waals surface area contributed by atoms with Crippen molar-refractivity contribution in [3.63, 3.8) is 0 Å². The Morgan fingerprint density at radius 2 is 2.22 bits per heavy atom. The second-order valence-electron chi connectivity index (χ2n) is 5.02. The molecule has 0 N–H and O–H groups in total. The first-order chi connectivity index (χ1) is 8.74. The van der Waals surface area contributed by atoms with Gasteiger partial charge in [0.2, 0.25) is 0 Å². The predicted octanol–water partition coefficient (Wildman–Crippen LogP) is 2.68. The summed E-state index contributed by atoms with van der Waals surface area (Å²) in [6.45, 7) is 2.39. The van der Waals surface area contributed by atoms with Crippen molar-refractivity contribution in [1.82, 2.24) is 4.90 Å². The summed E-state index contributed by atoms with van der Waals surface area (Å²) in [4.78, 5) is 14.4. The van der Waals surface area contributed by atoms with Crippen molar-refractivity contribution in [3.8, 4) is 0 Å². The third-order valence-corrected chi connectivity index (χ3v) is 3.94. The summed E-state index contributed by atoms with van der Waals surface area (Å²) in [7, 11) is 0. The fourth-order valence-corrected chi connectivity index (χ4v) is 2.67. The van der Waals surface area contributed by atoms with Crippen molar-refractivity contribution in [2.24, 2.45) is 5.92 Å². The number of nitrogens with zero attached hydrogens (tertiary/aromatic N) is 1. The van der Waals surface area contributed by atoms with Crippen LogP contribution in [0.1, 0.15) is 29.8 Å². The van der Waals surface area contributed by atoms with Crippen LogP contribution >= 0.6 is 15.9 Å². The molecule has 1 atom stereocenters. The lowest BCUT2D eigenvalue weighted by molar-refractivity contribution is 0.0673. The average molecular weight is 314 g/mol. The van der Waals surface area contributed by atoms with Crippen LogP contribution in [0.3, 0.4) is 0 Å². The fraction of sp³-hybridized carbons (Fsp3) is 0.615. The lowest BCUT2D eigenvalue weighted by Crippen LogP contribution is -2.37. The third-order valence-electron chi connectivity index (χ3n) is 3.51. The SMILES string of the molecule is O=C(c1ccc(Br)o1)N(CC1CCOC1)C1CC1. The molecule has 1 aromatic rings. The molecular weight excluding hydrogens is 298 g/mol. The molecule has 0 radical (unpaired) electrons. The highest BCUT2D eigenvalue weighted by Crippen LogP contribution is 2.31. The van der Waals surface area contributed by atoms with E-state index in [1.807, 2.05) is 4.90 Å². The van der Waals surface area contributed by atoms with Gasteiger partial charge in [0.15, 0.2) is 10.4 Å². The van der Waals surface area contributed by atoms with Crippen molar-refractivity contribution < 1.29 is 13.9 Å². The van der Waals surface area contributed by atoms with Gasteiger partial charge in [-0.05, 0) is 47.3 Å². The number of hydrogen-bond donors (Lipinski definition) is 0. The maximum absolute atomic E-state index is 12.4. The molecule has 0 aromatic carbocycles. The van der Waals surface area contributed by atoms with E-state index in [0.29, 0.717) is 22.4 Å². The van der Waals surface area contributed by atoms with Gasteiger partial charge in [-0.25, -0.2) is 0 Å². The van der Waals surface area contributed by atoms with E-state index in [0.717, 1.165) is 39.0 Å². The van der Waals surface area contributed by atoms with Gasteiger partial charge in [0, 0.05) is 25.1 Å². The van der Waals surface area contributed by atoms with E-state index in [1.165, 1.54) is 0 Å². The molecule has 0 bridgehead atoms. The molecule has 1 aromatic heterocycles. The molecular formula is C13H16BrNO3. The van der Waals surface area contributed by atoms with Gasteiger partial charge in [0.1, 0.15) is 0 Å². The van der Waals surface area contributed by atoms with Gasteiger partial charge in [-0.2, -0.15) is 0 Å². The minimum atomic E-state index is 0.00935. The van der Waals surface area contributed by atoms with Crippen LogP contribution < -0.4 is 0 Å². The quantitative estimate of drug-likeness (QED) is 0.858. The van der Waals surface area contributed by atoms with Crippen molar-refractivity contribution in [1.29, 1.82) is 0 Å². The lowest BCUT2D eigenvalue weighted by Gasteiger charge is -2.24. The maximum Gasteiger partial charge on any atom is 0.289 e. The highest BCUT2D eigenvalue weighted by atomic mass is 79.9. The molecule has 1 aliphatic heterocycles. The Bertz CT molecular complexity index is 435. The summed E-state index contributed by atoms with van der Waals surface area (Å²) in [6, 6.07) is 3.89. The molecule has 2 aliphatic rings. The maximum atomic E-state index is 12.4. The minimum absolute atomic E-state index is 0.00935. The first kappa shape index (κ1) is 12.2. The van der Waals surface area contributed by atoms with Crippen LogP contribution in [0.15, 0.2) is 21.2 Å². The largest absolute Gasteiger partial charge is 0.444 e. The molecule has 1 aliphatic carbocycles. The molecule has 1 amide bonds. The summed E-state index contributed by atoms with van der Waals surface area (Å²) in [5, 5.41) is 0. The van der Waals surface area contributed by atoms with Crippen LogP contribution in [0.2, 0.25) is 0 Å². The summed E-state index contributed by atoms with van der Waals surface area (Å²) >= 11 is 3.23. The van der Waals surface area contributed by atoms with Crippen LogP contribution in [0.5, 0.6) is 0 Å². The van der Waals surface area contributed by atoms with Gasteiger partial charge in [-0.3, -0.25) is 4.79 Å². The van der Waals surface area contributed by atoms with Crippen LogP contribution in [0.4, 0.5) is 0 Å². The van der Waals surface area contributed by atoms with E-state index in [2.05, 4.69) is 15.9 Å². The van der Waals surface area contributed by atoms with Gasteiger partial charge in [-0.1, -0.05) is 0 Å². The number of carbonyl (C=O) groups excluding carboxylic acids is 1. The molecule has 5 heteroatoms. The van der Waals surface area contributed by atoms with Gasteiger partial charge in [0.05, 0.1) is 6.61 Å². The van der Waals surface area contributed by atoms with Gasteiger partial charge in [-0.15, -0.1) is 0 Å². The van der Waals surface area contributed by atoms with Crippen LogP contribution in [-0.2, 0) is 4.74 Å². The van der Waals surface area contributed by atoms with Crippen molar-refractivity contribution in [3.05, 3.63) is 22.6 Å². The van der Waals surface area contributed by atoms with Crippen molar-refractivity contribution in [2.45, 2.75) is 25.3 Å². The lowest BCUT2D eigenvalue weighted by atomic mass is 10.1. The Hall–Kier alpha value is -0.810. The number of rotatable bonds is 4. The Morgan fingerprint density at radius 1 is 1.39 bits per heavy atom. The number of hydrogen-bond acceptors (Lipinski definition) is 3. The summed E-state index contributed by atoms with van der Waals surface area (Å²) < 4.78 is 11.3. The van der Waals surface area contributed by atoms with E-state index in [4.69, 9.17) is 9.15 Å². The smallest absolute Gasteiger partial charge is 0.289 e. The molecule has 98 valence electrons. The van der Waals surface area contributed by atoms with E-state index in [-0.39, 0.29) is 5.91 Å². The first-order valence-electron chi connectivity index (χ1n) is 6.38. The number of ether oxygens (including phenoxy) is 1. The van der Waals surface area contributed by atoms with Crippen LogP contribution in [-0.4, -0.2) is 36.6 Å². The van der Waals surface area contributed by atoms with Crippen LogP contribution in [0, 0.1) is 5.92 Å². The van der Waals surface area contributed by atoms with E-state index in [1.54, 1.807) is 12.1 Å². The van der Waals surface area contributed by atoms with E-state index < -0.39 is 0 Å². The van der Waals surface area contributed by atoms with Crippen LogP contribution in [0.25, 0.3) is 0 Å². The fourth-order valence-electron chi connectivity index (χ4n) is 2.36. The number of furan rings is 1. The predicted molar refractivity (Wildman–Crippen MR) is 69.4 cm³/mol. The zero-order valence-electron chi connectivity index (χ0n) is 10.1. The molecule has 2 fully saturated rings. The second-order valence-corrected chi connectivity index (χ2v) is 5.80. The molecule has 2 heterocycles. The summed E-state index contributed by atoms with van der Waals surface area (Å²) in [5.41, 5.74) is 0. The normalized spacial score (nSPS) is 23.3. The Kier molecular flexibility index (Phi) is 3.43. The molecule has 1 unspecified atom stereocenters. The molecule has 3 rings (SSSR count). The summed E-state index contributed by atoms with van der Waals surface area (Å²) in [5.74, 6) is 0.913.